The number of nitrogens with one attached hydrogen (secondary N) is 1. The minimum Gasteiger partial charge on any atom is -0.372 e. The van der Waals surface area contributed by atoms with Crippen LogP contribution in [0.1, 0.15) is 39.3 Å². The lowest BCUT2D eigenvalue weighted by Crippen LogP contribution is -2.54. The average molecular weight is 308 g/mol. The minimum atomic E-state index is -0.269. The Morgan fingerprint density at radius 1 is 1.50 bits per heavy atom. The molecule has 124 valence electrons. The predicted octanol–water partition coefficient (Wildman–Crippen LogP) is 1.98. The van der Waals surface area contributed by atoms with Crippen LogP contribution in [0.2, 0.25) is 0 Å². The molecule has 0 aromatic carbocycles. The second-order valence-corrected chi connectivity index (χ2v) is 6.95. The summed E-state index contributed by atoms with van der Waals surface area (Å²) in [5, 5.41) is 7.31. The minimum absolute atomic E-state index is 0.0100. The van der Waals surface area contributed by atoms with Crippen molar-refractivity contribution < 1.29 is 9.53 Å². The van der Waals surface area contributed by atoms with Gasteiger partial charge in [0.15, 0.2) is 0 Å². The smallest absolute Gasteiger partial charge is 0.317 e. The summed E-state index contributed by atoms with van der Waals surface area (Å²) in [6.45, 7) is 10.8. The molecule has 1 atom stereocenters. The molecule has 22 heavy (non-hydrogen) atoms. The molecule has 1 aromatic heterocycles. The number of carbonyl (C=O) groups excluding carboxylic acids is 1. The summed E-state index contributed by atoms with van der Waals surface area (Å²) < 4.78 is 7.53. The summed E-state index contributed by atoms with van der Waals surface area (Å²) >= 11 is 0. The van der Waals surface area contributed by atoms with Gasteiger partial charge in [-0.25, -0.2) is 4.79 Å². The maximum Gasteiger partial charge on any atom is 0.317 e. The third-order valence-electron chi connectivity index (χ3n) is 4.23. The Balaban J connectivity index is 1.95. The maximum atomic E-state index is 12.4. The highest BCUT2D eigenvalue weighted by molar-refractivity contribution is 5.74. The van der Waals surface area contributed by atoms with Crippen molar-refractivity contribution in [3.63, 3.8) is 0 Å². The van der Waals surface area contributed by atoms with Crippen molar-refractivity contribution in [2.24, 2.45) is 13.0 Å². The van der Waals surface area contributed by atoms with Gasteiger partial charge in [0.05, 0.1) is 18.8 Å². The molecule has 0 bridgehead atoms. The van der Waals surface area contributed by atoms with Gasteiger partial charge in [0.25, 0.3) is 0 Å². The maximum absolute atomic E-state index is 12.4. The molecule has 1 fully saturated rings. The van der Waals surface area contributed by atoms with Crippen LogP contribution in [0.4, 0.5) is 4.79 Å². The molecule has 1 aliphatic heterocycles. The Hall–Kier alpha value is -1.56. The molecule has 2 amide bonds. The van der Waals surface area contributed by atoms with Gasteiger partial charge >= 0.3 is 6.03 Å². The highest BCUT2D eigenvalue weighted by Gasteiger charge is 2.30. The Morgan fingerprint density at radius 2 is 2.23 bits per heavy atom. The number of rotatable bonds is 4. The van der Waals surface area contributed by atoms with Crippen molar-refractivity contribution in [2.45, 2.75) is 39.2 Å². The number of aryl methyl sites for hydroxylation is 1. The van der Waals surface area contributed by atoms with Crippen molar-refractivity contribution in [2.75, 3.05) is 26.2 Å². The molecule has 1 N–H and O–H groups in total. The molecule has 6 heteroatoms. The summed E-state index contributed by atoms with van der Waals surface area (Å²) in [4.78, 5) is 14.2. The van der Waals surface area contributed by atoms with Crippen molar-refractivity contribution in [3.05, 3.63) is 18.0 Å². The number of aromatic nitrogens is 2. The van der Waals surface area contributed by atoms with Gasteiger partial charge in [0.1, 0.15) is 0 Å². The number of morpholine rings is 1. The largest absolute Gasteiger partial charge is 0.372 e. The van der Waals surface area contributed by atoms with Gasteiger partial charge in [0.2, 0.25) is 0 Å². The molecule has 6 nitrogen and oxygen atoms in total. The fourth-order valence-corrected chi connectivity index (χ4v) is 2.93. The standard InChI is InChI=1S/C16H28N4O2/c1-12(2)13(14-6-7-18-19(14)5)10-17-15(21)20-8-9-22-16(3,4)11-20/h6-7,12-13H,8-11H2,1-5H3,(H,17,21). The Bertz CT molecular complexity index is 510. The molecule has 0 spiro atoms. The average Bonchev–Trinajstić information content (AvgIpc) is 2.83. The van der Waals surface area contributed by atoms with E-state index < -0.39 is 0 Å². The van der Waals surface area contributed by atoms with Gasteiger partial charge in [-0.15, -0.1) is 0 Å². The zero-order chi connectivity index (χ0) is 16.3. The predicted molar refractivity (Wildman–Crippen MR) is 85.8 cm³/mol. The van der Waals surface area contributed by atoms with Crippen molar-refractivity contribution in [1.82, 2.24) is 20.0 Å². The molecule has 2 rings (SSSR count). The van der Waals surface area contributed by atoms with E-state index >= 15 is 0 Å². The first-order valence-electron chi connectivity index (χ1n) is 7.95. The molecule has 1 aliphatic rings. The highest BCUT2D eigenvalue weighted by Crippen LogP contribution is 2.23. The van der Waals surface area contributed by atoms with Crippen LogP contribution in [0.15, 0.2) is 12.3 Å². The zero-order valence-electron chi connectivity index (χ0n) is 14.3. The van der Waals surface area contributed by atoms with Crippen LogP contribution in [0.5, 0.6) is 0 Å². The fourth-order valence-electron chi connectivity index (χ4n) is 2.93. The van der Waals surface area contributed by atoms with Gasteiger partial charge in [0, 0.05) is 37.9 Å². The van der Waals surface area contributed by atoms with Crippen LogP contribution in [-0.4, -0.2) is 52.6 Å². The lowest BCUT2D eigenvalue weighted by atomic mass is 9.92. The van der Waals surface area contributed by atoms with Crippen molar-refractivity contribution in [3.8, 4) is 0 Å². The van der Waals surface area contributed by atoms with Gasteiger partial charge in [-0.05, 0) is 25.8 Å². The summed E-state index contributed by atoms with van der Waals surface area (Å²) in [7, 11) is 1.94. The summed E-state index contributed by atoms with van der Waals surface area (Å²) in [5.74, 6) is 0.683. The van der Waals surface area contributed by atoms with E-state index in [0.717, 1.165) is 5.69 Å². The van der Waals surface area contributed by atoms with E-state index in [-0.39, 0.29) is 17.6 Å². The monoisotopic (exact) mass is 308 g/mol. The number of hydrogen-bond acceptors (Lipinski definition) is 3. The molecule has 2 heterocycles. The van der Waals surface area contributed by atoms with Gasteiger partial charge in [-0.1, -0.05) is 13.8 Å². The van der Waals surface area contributed by atoms with Crippen LogP contribution in [0.25, 0.3) is 0 Å². The summed E-state index contributed by atoms with van der Waals surface area (Å²) in [5.41, 5.74) is 0.882. The van der Waals surface area contributed by atoms with Gasteiger partial charge < -0.3 is 15.0 Å². The summed E-state index contributed by atoms with van der Waals surface area (Å²) in [6, 6.07) is 2.01. The molecule has 1 saturated heterocycles. The zero-order valence-corrected chi connectivity index (χ0v) is 14.3. The molecule has 0 saturated carbocycles. The number of ether oxygens (including phenoxy) is 1. The van der Waals surface area contributed by atoms with E-state index in [9.17, 15) is 4.79 Å². The van der Waals surface area contributed by atoms with E-state index in [1.165, 1.54) is 0 Å². The Kier molecular flexibility index (Phi) is 5.11. The van der Waals surface area contributed by atoms with E-state index in [0.29, 0.717) is 32.2 Å². The van der Waals surface area contributed by atoms with Gasteiger partial charge in [-0.2, -0.15) is 5.10 Å². The first kappa shape index (κ1) is 16.8. The normalized spacial score (nSPS) is 19.3. The second-order valence-electron chi connectivity index (χ2n) is 6.95. The summed E-state index contributed by atoms with van der Waals surface area (Å²) in [6.07, 6.45) is 1.80. The van der Waals surface area contributed by atoms with E-state index in [4.69, 9.17) is 4.74 Å². The van der Waals surface area contributed by atoms with Crippen LogP contribution < -0.4 is 5.32 Å². The molecular formula is C16H28N4O2. The van der Waals surface area contributed by atoms with E-state index in [2.05, 4.69) is 24.3 Å². The van der Waals surface area contributed by atoms with Crippen molar-refractivity contribution >= 4 is 6.03 Å². The number of carbonyl (C=O) groups is 1. The highest BCUT2D eigenvalue weighted by atomic mass is 16.5. The lowest BCUT2D eigenvalue weighted by Gasteiger charge is -2.38. The molecule has 0 aliphatic carbocycles. The number of hydrogen-bond donors (Lipinski definition) is 1. The molecule has 1 aromatic rings. The molecule has 1 unspecified atom stereocenters. The van der Waals surface area contributed by atoms with Crippen LogP contribution in [-0.2, 0) is 11.8 Å². The first-order valence-corrected chi connectivity index (χ1v) is 7.95. The number of amides is 2. The van der Waals surface area contributed by atoms with Crippen LogP contribution in [0.3, 0.4) is 0 Å². The lowest BCUT2D eigenvalue weighted by molar-refractivity contribution is -0.0733. The van der Waals surface area contributed by atoms with E-state index in [1.54, 1.807) is 6.20 Å². The second kappa shape index (κ2) is 6.69. The molecule has 0 radical (unpaired) electrons. The quantitative estimate of drug-likeness (QED) is 0.925. The Labute approximate surface area is 132 Å². The van der Waals surface area contributed by atoms with Crippen LogP contribution in [0, 0.1) is 5.92 Å². The first-order chi connectivity index (χ1) is 10.3. The molecular weight excluding hydrogens is 280 g/mol. The number of nitrogens with zero attached hydrogens (tertiary/aromatic N) is 3. The van der Waals surface area contributed by atoms with Gasteiger partial charge in [-0.3, -0.25) is 4.68 Å². The van der Waals surface area contributed by atoms with Crippen molar-refractivity contribution in [1.29, 1.82) is 0 Å². The third-order valence-corrected chi connectivity index (χ3v) is 4.23. The fraction of sp³-hybridized carbons (Fsp3) is 0.750. The SMILES string of the molecule is CC(C)C(CNC(=O)N1CCOC(C)(C)C1)c1ccnn1C. The van der Waals surface area contributed by atoms with Crippen LogP contribution >= 0.6 is 0 Å². The van der Waals surface area contributed by atoms with E-state index in [1.807, 2.05) is 36.5 Å². The topological polar surface area (TPSA) is 59.4 Å². The Morgan fingerprint density at radius 3 is 2.77 bits per heavy atom. The third kappa shape index (κ3) is 4.00. The number of urea groups is 1.